The van der Waals surface area contributed by atoms with Gasteiger partial charge < -0.3 is 20.1 Å². The second kappa shape index (κ2) is 10.5. The smallest absolute Gasteiger partial charge is 0.240 e. The van der Waals surface area contributed by atoms with Gasteiger partial charge in [-0.15, -0.1) is 12.4 Å². The van der Waals surface area contributed by atoms with E-state index in [1.54, 1.807) is 6.07 Å². The second-order valence-corrected chi connectivity index (χ2v) is 8.73. The van der Waals surface area contributed by atoms with Crippen LogP contribution in [0.3, 0.4) is 0 Å². The Morgan fingerprint density at radius 2 is 1.89 bits per heavy atom. The normalized spacial score (nSPS) is 23.6. The van der Waals surface area contributed by atoms with E-state index < -0.39 is 16.1 Å². The highest BCUT2D eigenvalue weighted by Gasteiger charge is 2.29. The van der Waals surface area contributed by atoms with Gasteiger partial charge in [0.2, 0.25) is 15.9 Å². The number of halogens is 1. The van der Waals surface area contributed by atoms with Crippen LogP contribution in [0, 0.1) is 0 Å². The van der Waals surface area contributed by atoms with E-state index in [2.05, 4.69) is 10.6 Å². The lowest BCUT2D eigenvalue weighted by atomic mass is 10.1. The maximum atomic E-state index is 12.7. The Bertz CT molecular complexity index is 755. The molecule has 2 fully saturated rings. The molecule has 0 radical (unpaired) electrons. The average Bonchev–Trinajstić information content (AvgIpc) is 2.68. The molecule has 158 valence electrons. The lowest BCUT2D eigenvalue weighted by Gasteiger charge is -2.29. The third-order valence-electron chi connectivity index (χ3n) is 4.87. The predicted molar refractivity (Wildman–Crippen MR) is 108 cm³/mol. The molecular weight excluding hydrogens is 406 g/mol. The number of ether oxygens (including phenoxy) is 2. The first-order chi connectivity index (χ1) is 13.0. The number of sulfonamides is 1. The van der Waals surface area contributed by atoms with Crippen LogP contribution in [0.25, 0.3) is 0 Å². The van der Waals surface area contributed by atoms with Crippen LogP contribution in [0.1, 0.15) is 18.1 Å². The third-order valence-corrected chi connectivity index (χ3v) is 6.70. The molecule has 1 aromatic rings. The quantitative estimate of drug-likeness (QED) is 0.668. The van der Waals surface area contributed by atoms with Crippen LogP contribution in [0.5, 0.6) is 0 Å². The molecule has 2 heterocycles. The Labute approximate surface area is 172 Å². The summed E-state index contributed by atoms with van der Waals surface area (Å²) < 4.78 is 37.6. The maximum absolute atomic E-state index is 12.7. The fraction of sp³-hybridized carbons (Fsp3) is 0.611. The molecule has 8 nitrogen and oxygen atoms in total. The summed E-state index contributed by atoms with van der Waals surface area (Å²) >= 11 is 0. The zero-order valence-corrected chi connectivity index (χ0v) is 17.6. The lowest BCUT2D eigenvalue weighted by Crippen LogP contribution is -2.55. The molecule has 2 aliphatic rings. The van der Waals surface area contributed by atoms with E-state index in [0.717, 1.165) is 5.56 Å². The highest BCUT2D eigenvalue weighted by atomic mass is 35.5. The number of carbonyl (C=O) groups is 1. The summed E-state index contributed by atoms with van der Waals surface area (Å²) in [5, 5.41) is 6.04. The van der Waals surface area contributed by atoms with Crippen molar-refractivity contribution in [2.45, 2.75) is 31.4 Å². The van der Waals surface area contributed by atoms with Crippen LogP contribution in [0.4, 0.5) is 0 Å². The molecule has 0 unspecified atom stereocenters. The highest BCUT2D eigenvalue weighted by Crippen LogP contribution is 2.17. The number of morpholine rings is 2. The van der Waals surface area contributed by atoms with E-state index in [4.69, 9.17) is 9.47 Å². The molecule has 0 aliphatic carbocycles. The number of hydrogen-bond acceptors (Lipinski definition) is 6. The van der Waals surface area contributed by atoms with Gasteiger partial charge >= 0.3 is 0 Å². The molecule has 1 aromatic carbocycles. The molecule has 10 heteroatoms. The Kier molecular flexibility index (Phi) is 8.66. The first-order valence-corrected chi connectivity index (χ1v) is 10.8. The van der Waals surface area contributed by atoms with Crippen LogP contribution in [0.15, 0.2) is 24.3 Å². The van der Waals surface area contributed by atoms with Crippen molar-refractivity contribution in [3.8, 4) is 0 Å². The summed E-state index contributed by atoms with van der Waals surface area (Å²) in [5.74, 6) is -0.228. The number of benzene rings is 1. The van der Waals surface area contributed by atoms with Gasteiger partial charge in [0.05, 0.1) is 31.7 Å². The number of nitrogens with one attached hydrogen (secondary N) is 2. The molecule has 1 amide bonds. The standard InChI is InChI=1S/C18H27N3O5S.ClH/c1-14-17(19-6-9-26-14)18(22)20-12-15-4-2-3-5-16(15)13-27(23,24)21-7-10-25-11-8-21;/h2-5,14,17,19H,6-13H2,1H3,(H,20,22);1H/t14-,17+;/m1./s1. The number of amides is 1. The molecule has 0 aromatic heterocycles. The van der Waals surface area contributed by atoms with Gasteiger partial charge in [-0.05, 0) is 18.1 Å². The number of rotatable bonds is 6. The monoisotopic (exact) mass is 433 g/mol. The Morgan fingerprint density at radius 1 is 1.21 bits per heavy atom. The van der Waals surface area contributed by atoms with Gasteiger partial charge in [-0.1, -0.05) is 24.3 Å². The Morgan fingerprint density at radius 3 is 2.57 bits per heavy atom. The van der Waals surface area contributed by atoms with Crippen molar-refractivity contribution in [3.05, 3.63) is 35.4 Å². The van der Waals surface area contributed by atoms with E-state index in [1.807, 2.05) is 25.1 Å². The van der Waals surface area contributed by atoms with Crippen LogP contribution in [-0.4, -0.2) is 70.2 Å². The molecule has 2 N–H and O–H groups in total. The van der Waals surface area contributed by atoms with Gasteiger partial charge in [0.15, 0.2) is 0 Å². The Balaban J connectivity index is 0.00000280. The fourth-order valence-corrected chi connectivity index (χ4v) is 4.87. The van der Waals surface area contributed by atoms with Crippen molar-refractivity contribution < 1.29 is 22.7 Å². The lowest BCUT2D eigenvalue weighted by molar-refractivity contribution is -0.129. The molecule has 28 heavy (non-hydrogen) atoms. The van der Waals surface area contributed by atoms with Crippen LogP contribution >= 0.6 is 12.4 Å². The van der Waals surface area contributed by atoms with Crippen LogP contribution in [-0.2, 0) is 36.6 Å². The first-order valence-electron chi connectivity index (χ1n) is 9.22. The molecule has 0 bridgehead atoms. The third kappa shape index (κ3) is 5.88. The van der Waals surface area contributed by atoms with E-state index in [9.17, 15) is 13.2 Å². The first kappa shape index (κ1) is 23.1. The van der Waals surface area contributed by atoms with Gasteiger partial charge in [0, 0.05) is 26.2 Å². The fourth-order valence-electron chi connectivity index (χ4n) is 3.30. The molecule has 0 saturated carbocycles. The Hall–Kier alpha value is -1.23. The zero-order valence-electron chi connectivity index (χ0n) is 15.9. The van der Waals surface area contributed by atoms with E-state index in [-0.39, 0.29) is 36.7 Å². The van der Waals surface area contributed by atoms with Crippen molar-refractivity contribution in [2.24, 2.45) is 0 Å². The number of nitrogens with zero attached hydrogens (tertiary/aromatic N) is 1. The minimum Gasteiger partial charge on any atom is -0.379 e. The van der Waals surface area contributed by atoms with Gasteiger partial charge in [-0.25, -0.2) is 8.42 Å². The maximum Gasteiger partial charge on any atom is 0.240 e. The van der Waals surface area contributed by atoms with Gasteiger partial charge in [0.1, 0.15) is 6.04 Å². The largest absolute Gasteiger partial charge is 0.379 e. The molecule has 2 atom stereocenters. The van der Waals surface area contributed by atoms with E-state index in [0.29, 0.717) is 45.0 Å². The van der Waals surface area contributed by atoms with Crippen molar-refractivity contribution >= 4 is 28.3 Å². The molecule has 2 saturated heterocycles. The molecule has 2 aliphatic heterocycles. The predicted octanol–water partition coefficient (Wildman–Crippen LogP) is 0.264. The van der Waals surface area contributed by atoms with Crippen molar-refractivity contribution in [3.63, 3.8) is 0 Å². The summed E-state index contributed by atoms with van der Waals surface area (Å²) in [4.78, 5) is 12.4. The minimum atomic E-state index is -3.42. The van der Waals surface area contributed by atoms with Crippen LogP contribution in [0.2, 0.25) is 0 Å². The second-order valence-electron chi connectivity index (χ2n) is 6.76. The van der Waals surface area contributed by atoms with Crippen molar-refractivity contribution in [2.75, 3.05) is 39.5 Å². The topological polar surface area (TPSA) is 97.0 Å². The average molecular weight is 434 g/mol. The highest BCUT2D eigenvalue weighted by molar-refractivity contribution is 7.88. The molecule has 3 rings (SSSR count). The van der Waals surface area contributed by atoms with Crippen molar-refractivity contribution in [1.29, 1.82) is 0 Å². The van der Waals surface area contributed by atoms with Crippen molar-refractivity contribution in [1.82, 2.24) is 14.9 Å². The SMILES string of the molecule is C[C@H]1OCCN[C@@H]1C(=O)NCc1ccccc1CS(=O)(=O)N1CCOCC1.Cl. The number of carbonyl (C=O) groups excluding carboxylic acids is 1. The summed E-state index contributed by atoms with van der Waals surface area (Å²) in [7, 11) is -3.42. The minimum absolute atomic E-state index is 0. The van der Waals surface area contributed by atoms with Gasteiger partial charge in [0.25, 0.3) is 0 Å². The number of hydrogen-bond donors (Lipinski definition) is 2. The van der Waals surface area contributed by atoms with Crippen LogP contribution < -0.4 is 10.6 Å². The molecule has 0 spiro atoms. The summed E-state index contributed by atoms with van der Waals surface area (Å²) in [6.45, 7) is 4.97. The van der Waals surface area contributed by atoms with Gasteiger partial charge in [-0.2, -0.15) is 4.31 Å². The summed E-state index contributed by atoms with van der Waals surface area (Å²) in [5.41, 5.74) is 1.50. The zero-order chi connectivity index (χ0) is 19.3. The summed E-state index contributed by atoms with van der Waals surface area (Å²) in [6, 6.07) is 6.90. The van der Waals surface area contributed by atoms with E-state index in [1.165, 1.54) is 4.31 Å². The van der Waals surface area contributed by atoms with Gasteiger partial charge in [-0.3, -0.25) is 4.79 Å². The molecular formula is C18H28ClN3O5S. The summed E-state index contributed by atoms with van der Waals surface area (Å²) in [6.07, 6.45) is -0.198. The van der Waals surface area contributed by atoms with E-state index >= 15 is 0 Å².